The van der Waals surface area contributed by atoms with Crippen molar-refractivity contribution in [1.82, 2.24) is 4.90 Å². The number of nitrogens with zero attached hydrogens (tertiary/aromatic N) is 1. The molecular weight excluding hydrogens is 286 g/mol. The van der Waals surface area contributed by atoms with E-state index in [0.29, 0.717) is 0 Å². The largest absolute Gasteiger partial charge is 0.385 e. The Morgan fingerprint density at radius 2 is 1.61 bits per heavy atom. The first-order valence-electron chi connectivity index (χ1n) is 8.22. The summed E-state index contributed by atoms with van der Waals surface area (Å²) in [6.45, 7) is 1.82. The molecule has 2 aromatic rings. The summed E-state index contributed by atoms with van der Waals surface area (Å²) >= 11 is 0. The van der Waals surface area contributed by atoms with Crippen LogP contribution in [0.25, 0.3) is 0 Å². The van der Waals surface area contributed by atoms with Gasteiger partial charge in [0, 0.05) is 20.2 Å². The average molecular weight is 311 g/mol. The first-order chi connectivity index (χ1) is 11.1. The molecule has 1 atom stereocenters. The van der Waals surface area contributed by atoms with Gasteiger partial charge in [0.1, 0.15) is 6.10 Å². The van der Waals surface area contributed by atoms with Gasteiger partial charge in [-0.1, -0.05) is 54.6 Å². The summed E-state index contributed by atoms with van der Waals surface area (Å²) in [6.07, 6.45) is 1.35. The van der Waals surface area contributed by atoms with Crippen molar-refractivity contribution >= 4 is 0 Å². The molecule has 2 aromatic carbocycles. The number of piperidine rings is 1. The van der Waals surface area contributed by atoms with Gasteiger partial charge in [0.15, 0.2) is 0 Å². The number of likely N-dealkylation sites (tertiary alicyclic amines) is 1. The van der Waals surface area contributed by atoms with Gasteiger partial charge >= 0.3 is 0 Å². The monoisotopic (exact) mass is 311 g/mol. The van der Waals surface area contributed by atoms with Crippen LogP contribution in [0.15, 0.2) is 54.6 Å². The van der Waals surface area contributed by atoms with E-state index in [1.807, 2.05) is 30.3 Å². The van der Waals surface area contributed by atoms with Crippen molar-refractivity contribution in [2.45, 2.75) is 24.5 Å². The van der Waals surface area contributed by atoms with Gasteiger partial charge in [-0.05, 0) is 36.6 Å². The van der Waals surface area contributed by atoms with Gasteiger partial charge < -0.3 is 14.7 Å². The summed E-state index contributed by atoms with van der Waals surface area (Å²) in [7, 11) is 3.83. The lowest BCUT2D eigenvalue weighted by molar-refractivity contribution is -0.0227. The molecule has 3 rings (SSSR count). The minimum atomic E-state index is -0.769. The normalized spacial score (nSPS) is 19.4. The number of rotatable bonds is 4. The second kappa shape index (κ2) is 6.83. The minimum absolute atomic E-state index is 0.156. The Morgan fingerprint density at radius 1 is 1.00 bits per heavy atom. The highest BCUT2D eigenvalue weighted by atomic mass is 16.5. The predicted octanol–water partition coefficient (Wildman–Crippen LogP) is 3.34. The van der Waals surface area contributed by atoms with Crippen molar-refractivity contribution in [3.63, 3.8) is 0 Å². The number of hydrogen-bond donors (Lipinski definition) is 1. The fourth-order valence-corrected chi connectivity index (χ4v) is 3.48. The molecule has 1 fully saturated rings. The summed E-state index contributed by atoms with van der Waals surface area (Å²) in [6, 6.07) is 18.4. The summed E-state index contributed by atoms with van der Waals surface area (Å²) in [5.74, 6) is 0. The molecule has 0 amide bonds. The van der Waals surface area contributed by atoms with E-state index in [2.05, 4.69) is 36.2 Å². The van der Waals surface area contributed by atoms with Gasteiger partial charge in [-0.15, -0.1) is 0 Å². The molecule has 1 unspecified atom stereocenters. The maximum Gasteiger partial charge on any atom is 0.108 e. The Kier molecular flexibility index (Phi) is 4.81. The zero-order valence-corrected chi connectivity index (χ0v) is 13.9. The Hall–Kier alpha value is -1.68. The summed E-state index contributed by atoms with van der Waals surface area (Å²) < 4.78 is 5.80. The average Bonchev–Trinajstić information content (AvgIpc) is 2.60. The molecule has 1 saturated heterocycles. The second-order valence-corrected chi connectivity index (χ2v) is 6.45. The van der Waals surface area contributed by atoms with Crippen LogP contribution >= 0.6 is 0 Å². The van der Waals surface area contributed by atoms with Crippen LogP contribution in [0.4, 0.5) is 0 Å². The van der Waals surface area contributed by atoms with Gasteiger partial charge in [0.05, 0.1) is 5.60 Å². The van der Waals surface area contributed by atoms with Gasteiger partial charge in [-0.2, -0.15) is 0 Å². The summed E-state index contributed by atoms with van der Waals surface area (Å²) in [5, 5.41) is 11.3. The molecule has 0 aromatic heterocycles. The lowest BCUT2D eigenvalue weighted by atomic mass is 9.80. The van der Waals surface area contributed by atoms with Crippen molar-refractivity contribution in [3.05, 3.63) is 71.3 Å². The van der Waals surface area contributed by atoms with Crippen molar-refractivity contribution in [2.24, 2.45) is 0 Å². The number of benzene rings is 2. The number of hydrogen-bond acceptors (Lipinski definition) is 3. The van der Waals surface area contributed by atoms with Gasteiger partial charge in [-0.3, -0.25) is 0 Å². The molecule has 23 heavy (non-hydrogen) atoms. The Balaban J connectivity index is 2.00. The molecule has 0 radical (unpaired) electrons. The molecule has 0 aliphatic carbocycles. The fraction of sp³-hybridized carbons (Fsp3) is 0.400. The smallest absolute Gasteiger partial charge is 0.108 e. The molecule has 1 aliphatic rings. The molecule has 3 heteroatoms. The van der Waals surface area contributed by atoms with Crippen LogP contribution in [0.3, 0.4) is 0 Å². The van der Waals surface area contributed by atoms with Gasteiger partial charge in [-0.25, -0.2) is 0 Å². The standard InChI is InChI=1S/C20H25NO2/c1-21-14-12-20(22,13-15-21)18-11-7-6-10-17(18)19(23-2)16-8-4-3-5-9-16/h3-11,19,22H,12-15H2,1-2H3. The van der Waals surface area contributed by atoms with Crippen LogP contribution in [0, 0.1) is 0 Å². The number of methoxy groups -OCH3 is 1. The molecule has 122 valence electrons. The van der Waals surface area contributed by atoms with E-state index in [9.17, 15) is 5.11 Å². The van der Waals surface area contributed by atoms with E-state index >= 15 is 0 Å². The lowest BCUT2D eigenvalue weighted by Gasteiger charge is -2.38. The third-order valence-electron chi connectivity index (χ3n) is 4.90. The van der Waals surface area contributed by atoms with E-state index in [4.69, 9.17) is 4.74 Å². The molecule has 3 nitrogen and oxygen atoms in total. The van der Waals surface area contributed by atoms with E-state index in [-0.39, 0.29) is 6.10 Å². The van der Waals surface area contributed by atoms with Crippen LogP contribution in [-0.2, 0) is 10.3 Å². The number of aliphatic hydroxyl groups is 1. The third-order valence-corrected chi connectivity index (χ3v) is 4.90. The fourth-order valence-electron chi connectivity index (χ4n) is 3.48. The lowest BCUT2D eigenvalue weighted by Crippen LogP contribution is -2.41. The highest BCUT2D eigenvalue weighted by Gasteiger charge is 2.36. The SMILES string of the molecule is COC(c1ccccc1)c1ccccc1C1(O)CCN(C)CC1. The molecule has 0 bridgehead atoms. The van der Waals surface area contributed by atoms with Crippen LogP contribution in [-0.4, -0.2) is 37.3 Å². The quantitative estimate of drug-likeness (QED) is 0.940. The zero-order chi connectivity index (χ0) is 16.3. The van der Waals surface area contributed by atoms with Crippen molar-refractivity contribution in [3.8, 4) is 0 Å². The maximum atomic E-state index is 11.3. The van der Waals surface area contributed by atoms with E-state index in [0.717, 1.165) is 42.6 Å². The molecule has 0 spiro atoms. The highest BCUT2D eigenvalue weighted by molar-refractivity contribution is 5.39. The van der Waals surface area contributed by atoms with Crippen LogP contribution in [0.1, 0.15) is 35.6 Å². The van der Waals surface area contributed by atoms with Crippen LogP contribution in [0.2, 0.25) is 0 Å². The van der Waals surface area contributed by atoms with Gasteiger partial charge in [0.25, 0.3) is 0 Å². The summed E-state index contributed by atoms with van der Waals surface area (Å²) in [4.78, 5) is 2.27. The highest BCUT2D eigenvalue weighted by Crippen LogP contribution is 2.38. The van der Waals surface area contributed by atoms with E-state index in [1.54, 1.807) is 7.11 Å². The van der Waals surface area contributed by atoms with Crippen LogP contribution < -0.4 is 0 Å². The van der Waals surface area contributed by atoms with Crippen molar-refractivity contribution in [1.29, 1.82) is 0 Å². The van der Waals surface area contributed by atoms with Gasteiger partial charge in [0.2, 0.25) is 0 Å². The van der Waals surface area contributed by atoms with E-state index < -0.39 is 5.60 Å². The maximum absolute atomic E-state index is 11.3. The van der Waals surface area contributed by atoms with E-state index in [1.165, 1.54) is 0 Å². The van der Waals surface area contributed by atoms with Crippen molar-refractivity contribution in [2.75, 3.05) is 27.2 Å². The molecular formula is C20H25NO2. The molecule has 1 heterocycles. The first-order valence-corrected chi connectivity index (χ1v) is 8.22. The van der Waals surface area contributed by atoms with Crippen molar-refractivity contribution < 1.29 is 9.84 Å². The predicted molar refractivity (Wildman–Crippen MR) is 92.4 cm³/mol. The van der Waals surface area contributed by atoms with Crippen LogP contribution in [0.5, 0.6) is 0 Å². The minimum Gasteiger partial charge on any atom is -0.385 e. The zero-order valence-electron chi connectivity index (χ0n) is 13.9. The number of ether oxygens (including phenoxy) is 1. The molecule has 1 aliphatic heterocycles. The Labute approximate surface area is 138 Å². The Bertz CT molecular complexity index is 633. The molecule has 0 saturated carbocycles. The Morgan fingerprint density at radius 3 is 2.26 bits per heavy atom. The topological polar surface area (TPSA) is 32.7 Å². The summed E-state index contributed by atoms with van der Waals surface area (Å²) in [5.41, 5.74) is 2.41. The third kappa shape index (κ3) is 3.32. The first kappa shape index (κ1) is 16.2. The molecule has 1 N–H and O–H groups in total. The second-order valence-electron chi connectivity index (χ2n) is 6.45.